The summed E-state index contributed by atoms with van der Waals surface area (Å²) in [5, 5.41) is 22.8. The van der Waals surface area contributed by atoms with Crippen molar-refractivity contribution in [3.8, 4) is 0 Å². The van der Waals surface area contributed by atoms with Gasteiger partial charge in [0, 0.05) is 6.42 Å². The molecule has 0 spiro atoms. The molecule has 0 fully saturated rings. The maximum atomic E-state index is 12.2. The molecule has 0 rings (SSSR count). The fourth-order valence-electron chi connectivity index (χ4n) is 4.82. The lowest BCUT2D eigenvalue weighted by atomic mass is 10.0. The van der Waals surface area contributed by atoms with Crippen LogP contribution in [0, 0.1) is 0 Å². The molecule has 2 atom stereocenters. The second-order valence-corrected chi connectivity index (χ2v) is 11.2. The Kier molecular flexibility index (Phi) is 29.5. The van der Waals surface area contributed by atoms with Crippen molar-refractivity contribution in [1.82, 2.24) is 5.32 Å². The zero-order valence-electron chi connectivity index (χ0n) is 25.4. The number of nitrogens with one attached hydrogen (secondary N) is 1. The number of hydrogen-bond acceptors (Lipinski definition) is 3. The third-order valence-corrected chi connectivity index (χ3v) is 7.43. The highest BCUT2D eigenvalue weighted by Crippen LogP contribution is 2.13. The molecule has 0 saturated heterocycles. The first-order valence-electron chi connectivity index (χ1n) is 16.6. The van der Waals surface area contributed by atoms with Crippen molar-refractivity contribution >= 4 is 5.91 Å². The van der Waals surface area contributed by atoms with E-state index in [0.29, 0.717) is 6.42 Å². The van der Waals surface area contributed by atoms with E-state index in [1.165, 1.54) is 109 Å². The van der Waals surface area contributed by atoms with E-state index in [1.807, 2.05) is 6.08 Å². The van der Waals surface area contributed by atoms with Crippen LogP contribution >= 0.6 is 0 Å². The molecule has 4 nitrogen and oxygen atoms in total. The number of unbranched alkanes of at least 4 members (excludes halogenated alkanes) is 20. The minimum absolute atomic E-state index is 0.0725. The Morgan fingerprint density at radius 1 is 0.605 bits per heavy atom. The average molecular weight is 536 g/mol. The van der Waals surface area contributed by atoms with E-state index in [2.05, 4.69) is 31.3 Å². The van der Waals surface area contributed by atoms with Gasteiger partial charge in [0.15, 0.2) is 0 Å². The van der Waals surface area contributed by atoms with Crippen LogP contribution in [0.3, 0.4) is 0 Å². The molecule has 0 aromatic heterocycles. The molecular weight excluding hydrogens is 470 g/mol. The number of aliphatic hydroxyl groups excluding tert-OH is 2. The third-order valence-electron chi connectivity index (χ3n) is 7.43. The van der Waals surface area contributed by atoms with Crippen LogP contribution in [-0.2, 0) is 4.79 Å². The smallest absolute Gasteiger partial charge is 0.220 e. The van der Waals surface area contributed by atoms with Crippen molar-refractivity contribution in [2.75, 3.05) is 6.61 Å². The van der Waals surface area contributed by atoms with Gasteiger partial charge in [-0.25, -0.2) is 0 Å². The fraction of sp³-hybridized carbons (Fsp3) is 0.853. The lowest BCUT2D eigenvalue weighted by Crippen LogP contribution is -2.45. The van der Waals surface area contributed by atoms with E-state index >= 15 is 0 Å². The van der Waals surface area contributed by atoms with Gasteiger partial charge in [0.2, 0.25) is 5.91 Å². The van der Waals surface area contributed by atoms with Gasteiger partial charge in [-0.2, -0.15) is 0 Å². The van der Waals surface area contributed by atoms with E-state index < -0.39 is 12.1 Å². The monoisotopic (exact) mass is 535 g/mol. The molecule has 0 heterocycles. The minimum Gasteiger partial charge on any atom is -0.394 e. The number of hydrogen-bond donors (Lipinski definition) is 3. The van der Waals surface area contributed by atoms with Crippen molar-refractivity contribution in [1.29, 1.82) is 0 Å². The fourth-order valence-corrected chi connectivity index (χ4v) is 4.82. The van der Waals surface area contributed by atoms with Crippen molar-refractivity contribution in [3.63, 3.8) is 0 Å². The second-order valence-electron chi connectivity index (χ2n) is 11.2. The highest BCUT2D eigenvalue weighted by atomic mass is 16.3. The predicted octanol–water partition coefficient (Wildman–Crippen LogP) is 9.34. The van der Waals surface area contributed by atoms with Gasteiger partial charge < -0.3 is 15.5 Å². The van der Waals surface area contributed by atoms with Crippen molar-refractivity contribution in [2.45, 2.75) is 180 Å². The molecule has 0 radical (unpaired) electrons. The summed E-state index contributed by atoms with van der Waals surface area (Å²) >= 11 is 0. The lowest BCUT2D eigenvalue weighted by molar-refractivity contribution is -0.123. The molecule has 224 valence electrons. The number of carbonyl (C=O) groups excluding carboxylic acids is 1. The summed E-state index contributed by atoms with van der Waals surface area (Å²) in [6.07, 6.45) is 36.8. The summed E-state index contributed by atoms with van der Waals surface area (Å²) in [4.78, 5) is 12.2. The van der Waals surface area contributed by atoms with Gasteiger partial charge in [-0.1, -0.05) is 141 Å². The molecule has 2 unspecified atom stereocenters. The van der Waals surface area contributed by atoms with Gasteiger partial charge in [0.25, 0.3) is 0 Å². The average Bonchev–Trinajstić information content (AvgIpc) is 2.92. The molecule has 0 aliphatic carbocycles. The SMILES string of the molecule is CCCCCCC/C=C/CCCC/C=C/C(O)C(CO)NC(=O)CCCCCCCCCCCCCCC. The molecule has 38 heavy (non-hydrogen) atoms. The summed E-state index contributed by atoms with van der Waals surface area (Å²) in [5.41, 5.74) is 0. The zero-order chi connectivity index (χ0) is 27.9. The Hall–Kier alpha value is -1.13. The molecule has 0 saturated carbocycles. The van der Waals surface area contributed by atoms with Gasteiger partial charge in [0.1, 0.15) is 0 Å². The van der Waals surface area contributed by atoms with Crippen LogP contribution in [0.25, 0.3) is 0 Å². The van der Waals surface area contributed by atoms with Gasteiger partial charge in [-0.3, -0.25) is 4.79 Å². The number of carbonyl (C=O) groups is 1. The Bertz CT molecular complexity index is 546. The number of allylic oxidation sites excluding steroid dienone is 3. The molecule has 0 aliphatic heterocycles. The summed E-state index contributed by atoms with van der Waals surface area (Å²) in [6, 6.07) is -0.624. The van der Waals surface area contributed by atoms with Crippen LogP contribution in [0.1, 0.15) is 168 Å². The molecule has 4 heteroatoms. The summed E-state index contributed by atoms with van der Waals surface area (Å²) < 4.78 is 0. The van der Waals surface area contributed by atoms with E-state index in [4.69, 9.17) is 0 Å². The van der Waals surface area contributed by atoms with Crippen LogP contribution in [-0.4, -0.2) is 34.9 Å². The normalized spacial score (nSPS) is 13.5. The van der Waals surface area contributed by atoms with E-state index in [1.54, 1.807) is 6.08 Å². The maximum absolute atomic E-state index is 12.2. The van der Waals surface area contributed by atoms with E-state index in [0.717, 1.165) is 38.5 Å². The maximum Gasteiger partial charge on any atom is 0.220 e. The Balaban J connectivity index is 3.69. The summed E-state index contributed by atoms with van der Waals surface area (Å²) in [7, 11) is 0. The minimum atomic E-state index is -0.844. The van der Waals surface area contributed by atoms with Crippen LogP contribution < -0.4 is 5.32 Å². The topological polar surface area (TPSA) is 69.6 Å². The number of rotatable bonds is 29. The molecule has 3 N–H and O–H groups in total. The van der Waals surface area contributed by atoms with Crippen LogP contribution in [0.5, 0.6) is 0 Å². The highest BCUT2D eigenvalue weighted by molar-refractivity contribution is 5.76. The Morgan fingerprint density at radius 2 is 1.00 bits per heavy atom. The van der Waals surface area contributed by atoms with Crippen molar-refractivity contribution in [3.05, 3.63) is 24.3 Å². The molecule has 0 aromatic carbocycles. The molecule has 1 amide bonds. The molecule has 0 aliphatic rings. The van der Waals surface area contributed by atoms with Crippen molar-refractivity contribution < 1.29 is 15.0 Å². The second kappa shape index (κ2) is 30.4. The largest absolute Gasteiger partial charge is 0.394 e. The highest BCUT2D eigenvalue weighted by Gasteiger charge is 2.17. The van der Waals surface area contributed by atoms with Crippen LogP contribution in [0.4, 0.5) is 0 Å². The van der Waals surface area contributed by atoms with Gasteiger partial charge in [0.05, 0.1) is 18.8 Å². The van der Waals surface area contributed by atoms with Gasteiger partial charge in [-0.15, -0.1) is 0 Å². The van der Waals surface area contributed by atoms with Gasteiger partial charge >= 0.3 is 0 Å². The number of aliphatic hydroxyl groups is 2. The quantitative estimate of drug-likeness (QED) is 0.0660. The third kappa shape index (κ3) is 26.5. The van der Waals surface area contributed by atoms with Crippen LogP contribution in [0.2, 0.25) is 0 Å². The Labute approximate surface area is 237 Å². The summed E-state index contributed by atoms with van der Waals surface area (Å²) in [5.74, 6) is -0.0725. The zero-order valence-corrected chi connectivity index (χ0v) is 25.4. The first-order chi connectivity index (χ1) is 18.7. The molecular formula is C34H65NO3. The van der Waals surface area contributed by atoms with Crippen LogP contribution in [0.15, 0.2) is 24.3 Å². The lowest BCUT2D eigenvalue weighted by Gasteiger charge is -2.20. The molecule has 0 bridgehead atoms. The van der Waals surface area contributed by atoms with E-state index in [9.17, 15) is 15.0 Å². The first-order valence-corrected chi connectivity index (χ1v) is 16.6. The summed E-state index contributed by atoms with van der Waals surface area (Å²) in [6.45, 7) is 4.26. The molecule has 0 aromatic rings. The number of amides is 1. The van der Waals surface area contributed by atoms with Crippen molar-refractivity contribution in [2.24, 2.45) is 0 Å². The first kappa shape index (κ1) is 36.9. The van der Waals surface area contributed by atoms with E-state index in [-0.39, 0.29) is 12.5 Å². The predicted molar refractivity (Wildman–Crippen MR) is 165 cm³/mol. The standard InChI is InChI=1S/C34H65NO3/c1-3-5-7-9-11-13-15-17-19-21-23-25-27-29-33(37)32(31-36)35-34(38)30-28-26-24-22-20-18-16-14-12-10-8-6-4-2/h15,17,27,29,32-33,36-37H,3-14,16,18-26,28,30-31H2,1-2H3,(H,35,38)/b17-15+,29-27+. The van der Waals surface area contributed by atoms with Gasteiger partial charge in [-0.05, 0) is 44.9 Å². The Morgan fingerprint density at radius 3 is 1.47 bits per heavy atom.